The van der Waals surface area contributed by atoms with Gasteiger partial charge < -0.3 is 5.32 Å². The highest BCUT2D eigenvalue weighted by Crippen LogP contribution is 2.30. The van der Waals surface area contributed by atoms with Gasteiger partial charge in [0.1, 0.15) is 4.90 Å². The van der Waals surface area contributed by atoms with Gasteiger partial charge in [0.15, 0.2) is 9.84 Å². The van der Waals surface area contributed by atoms with Crippen molar-refractivity contribution >= 4 is 21.2 Å². The van der Waals surface area contributed by atoms with E-state index in [2.05, 4.69) is 10.4 Å². The van der Waals surface area contributed by atoms with Gasteiger partial charge in [-0.2, -0.15) is 5.10 Å². The number of aromatic nitrogens is 2. The van der Waals surface area contributed by atoms with Gasteiger partial charge >= 0.3 is 0 Å². The summed E-state index contributed by atoms with van der Waals surface area (Å²) >= 11 is 0. The summed E-state index contributed by atoms with van der Waals surface area (Å²) in [6, 6.07) is 13.3. The van der Waals surface area contributed by atoms with Crippen LogP contribution in [0.3, 0.4) is 0 Å². The van der Waals surface area contributed by atoms with Crippen LogP contribution in [0.4, 0.5) is 11.4 Å². The molecule has 8 nitrogen and oxygen atoms in total. The van der Waals surface area contributed by atoms with Crippen LogP contribution < -0.4 is 5.32 Å². The average molecular weight is 386 g/mol. The SMILES string of the molecule is CC(Nc1ccc([N+](=O)[O-])c(S(C)(=O)=O)c1)c1ccccc1-n1cccn1. The van der Waals surface area contributed by atoms with Crippen LogP contribution in [0, 0.1) is 10.1 Å². The van der Waals surface area contributed by atoms with Crippen molar-refractivity contribution in [2.75, 3.05) is 11.6 Å². The molecule has 2 aromatic carbocycles. The molecule has 1 aromatic heterocycles. The van der Waals surface area contributed by atoms with E-state index < -0.39 is 20.4 Å². The van der Waals surface area contributed by atoms with Gasteiger partial charge in [0.05, 0.1) is 16.7 Å². The summed E-state index contributed by atoms with van der Waals surface area (Å²) in [5, 5.41) is 18.6. The fourth-order valence-electron chi connectivity index (χ4n) is 2.85. The Morgan fingerprint density at radius 1 is 1.19 bits per heavy atom. The number of nitrogens with one attached hydrogen (secondary N) is 1. The highest BCUT2D eigenvalue weighted by Gasteiger charge is 2.23. The van der Waals surface area contributed by atoms with Gasteiger partial charge in [0.2, 0.25) is 0 Å². The van der Waals surface area contributed by atoms with Crippen LogP contribution in [-0.2, 0) is 9.84 Å². The van der Waals surface area contributed by atoms with Crippen molar-refractivity contribution in [2.24, 2.45) is 0 Å². The molecule has 27 heavy (non-hydrogen) atoms. The molecule has 0 aliphatic rings. The van der Waals surface area contributed by atoms with Gasteiger partial charge in [-0.25, -0.2) is 13.1 Å². The quantitative estimate of drug-likeness (QED) is 0.514. The van der Waals surface area contributed by atoms with E-state index in [0.29, 0.717) is 5.69 Å². The van der Waals surface area contributed by atoms with E-state index in [9.17, 15) is 18.5 Å². The standard InChI is InChI=1S/C18H18N4O4S/c1-13(15-6-3-4-7-16(15)21-11-5-10-19-21)20-14-8-9-17(22(23)24)18(12-14)27(2,25)26/h3-13,20H,1-2H3. The van der Waals surface area contributed by atoms with Crippen LogP contribution >= 0.6 is 0 Å². The van der Waals surface area contributed by atoms with Crippen LogP contribution in [0.2, 0.25) is 0 Å². The minimum Gasteiger partial charge on any atom is -0.378 e. The van der Waals surface area contributed by atoms with E-state index in [4.69, 9.17) is 0 Å². The molecule has 0 aliphatic carbocycles. The Morgan fingerprint density at radius 3 is 2.56 bits per heavy atom. The maximum atomic E-state index is 11.9. The second-order valence-electron chi connectivity index (χ2n) is 6.09. The zero-order valence-corrected chi connectivity index (χ0v) is 15.6. The average Bonchev–Trinajstić information content (AvgIpc) is 3.15. The lowest BCUT2D eigenvalue weighted by Crippen LogP contribution is -2.11. The molecule has 0 fully saturated rings. The molecule has 1 heterocycles. The molecule has 0 saturated carbocycles. The Kier molecular flexibility index (Phi) is 4.95. The van der Waals surface area contributed by atoms with Crippen molar-refractivity contribution in [1.82, 2.24) is 9.78 Å². The topological polar surface area (TPSA) is 107 Å². The van der Waals surface area contributed by atoms with Crippen molar-refractivity contribution in [2.45, 2.75) is 17.9 Å². The fourth-order valence-corrected chi connectivity index (χ4v) is 3.72. The Labute approximate surface area is 156 Å². The van der Waals surface area contributed by atoms with Gasteiger partial charge in [0, 0.05) is 30.4 Å². The molecule has 1 unspecified atom stereocenters. The number of hydrogen-bond donors (Lipinski definition) is 1. The number of rotatable bonds is 6. The maximum absolute atomic E-state index is 11.9. The second kappa shape index (κ2) is 7.20. The van der Waals surface area contributed by atoms with E-state index in [1.54, 1.807) is 10.9 Å². The van der Waals surface area contributed by atoms with Crippen molar-refractivity contribution in [3.8, 4) is 5.69 Å². The monoisotopic (exact) mass is 386 g/mol. The first-order valence-corrected chi connectivity index (χ1v) is 10.0. The zero-order valence-electron chi connectivity index (χ0n) is 14.7. The first-order chi connectivity index (χ1) is 12.8. The van der Waals surface area contributed by atoms with Crippen LogP contribution in [0.15, 0.2) is 65.8 Å². The summed E-state index contributed by atoms with van der Waals surface area (Å²) in [4.78, 5) is 10.1. The zero-order chi connectivity index (χ0) is 19.6. The minimum absolute atomic E-state index is 0.195. The molecule has 0 radical (unpaired) electrons. The van der Waals surface area contributed by atoms with E-state index in [0.717, 1.165) is 17.5 Å². The molecule has 3 rings (SSSR count). The summed E-state index contributed by atoms with van der Waals surface area (Å²) in [6.45, 7) is 1.92. The second-order valence-corrected chi connectivity index (χ2v) is 8.07. The molecule has 0 amide bonds. The predicted octanol–water partition coefficient (Wildman–Crippen LogP) is 3.36. The Balaban J connectivity index is 1.96. The molecule has 140 valence electrons. The van der Waals surface area contributed by atoms with E-state index >= 15 is 0 Å². The Morgan fingerprint density at radius 2 is 1.93 bits per heavy atom. The smallest absolute Gasteiger partial charge is 0.288 e. The van der Waals surface area contributed by atoms with E-state index in [-0.39, 0.29) is 10.9 Å². The molecule has 1 N–H and O–H groups in total. The summed E-state index contributed by atoms with van der Waals surface area (Å²) in [5.41, 5.74) is 1.87. The van der Waals surface area contributed by atoms with Gasteiger partial charge in [-0.3, -0.25) is 10.1 Å². The number of nitrogens with zero attached hydrogens (tertiary/aromatic N) is 3. The molecule has 0 bridgehead atoms. The van der Waals surface area contributed by atoms with Crippen LogP contribution in [0.5, 0.6) is 0 Å². The summed E-state index contributed by atoms with van der Waals surface area (Å²) in [7, 11) is -3.74. The maximum Gasteiger partial charge on any atom is 0.288 e. The number of para-hydroxylation sites is 1. The minimum atomic E-state index is -3.74. The molecule has 0 aliphatic heterocycles. The lowest BCUT2D eigenvalue weighted by atomic mass is 10.1. The Hall–Kier alpha value is -3.20. The van der Waals surface area contributed by atoms with Crippen LogP contribution in [0.25, 0.3) is 5.69 Å². The summed E-state index contributed by atoms with van der Waals surface area (Å²) < 4.78 is 25.6. The largest absolute Gasteiger partial charge is 0.378 e. The van der Waals surface area contributed by atoms with Crippen LogP contribution in [-0.4, -0.2) is 29.4 Å². The molecule has 0 spiro atoms. The number of hydrogen-bond acceptors (Lipinski definition) is 6. The van der Waals surface area contributed by atoms with Crippen molar-refractivity contribution < 1.29 is 13.3 Å². The molecule has 3 aromatic rings. The molecule has 1 atom stereocenters. The fraction of sp³-hybridized carbons (Fsp3) is 0.167. The van der Waals surface area contributed by atoms with Gasteiger partial charge in [0.25, 0.3) is 5.69 Å². The Bertz CT molecular complexity index is 1080. The predicted molar refractivity (Wildman–Crippen MR) is 102 cm³/mol. The van der Waals surface area contributed by atoms with Crippen LogP contribution in [0.1, 0.15) is 18.5 Å². The van der Waals surface area contributed by atoms with Crippen molar-refractivity contribution in [3.63, 3.8) is 0 Å². The van der Waals surface area contributed by atoms with Crippen molar-refractivity contribution in [1.29, 1.82) is 0 Å². The van der Waals surface area contributed by atoms with Gasteiger partial charge in [-0.05, 0) is 36.8 Å². The highest BCUT2D eigenvalue weighted by molar-refractivity contribution is 7.90. The summed E-state index contributed by atoms with van der Waals surface area (Å²) in [5.74, 6) is 0. The van der Waals surface area contributed by atoms with Gasteiger partial charge in [-0.1, -0.05) is 18.2 Å². The first kappa shape index (κ1) is 18.6. The highest BCUT2D eigenvalue weighted by atomic mass is 32.2. The lowest BCUT2D eigenvalue weighted by Gasteiger charge is -2.19. The number of sulfone groups is 1. The molecular weight excluding hydrogens is 368 g/mol. The molecular formula is C18H18N4O4S. The third-order valence-electron chi connectivity index (χ3n) is 4.09. The molecule has 0 saturated heterocycles. The molecule has 9 heteroatoms. The van der Waals surface area contributed by atoms with E-state index in [1.165, 1.54) is 18.2 Å². The lowest BCUT2D eigenvalue weighted by molar-refractivity contribution is -0.387. The van der Waals surface area contributed by atoms with E-state index in [1.807, 2.05) is 43.5 Å². The summed E-state index contributed by atoms with van der Waals surface area (Å²) in [6.07, 6.45) is 4.47. The third-order valence-corrected chi connectivity index (χ3v) is 5.22. The normalized spacial score (nSPS) is 12.5. The first-order valence-electron chi connectivity index (χ1n) is 8.11. The number of benzene rings is 2. The number of nitro benzene ring substituents is 1. The number of anilines is 1. The van der Waals surface area contributed by atoms with Crippen molar-refractivity contribution in [3.05, 3.63) is 76.6 Å². The third kappa shape index (κ3) is 3.98. The number of nitro groups is 1. The van der Waals surface area contributed by atoms with Gasteiger partial charge in [-0.15, -0.1) is 0 Å².